The van der Waals surface area contributed by atoms with E-state index in [1.165, 1.54) is 68.8 Å². The van der Waals surface area contributed by atoms with Crippen LogP contribution in [-0.4, -0.2) is 53.5 Å². The molecule has 0 amide bonds. The Kier molecular flexibility index (Phi) is 16.3. The van der Waals surface area contributed by atoms with Crippen molar-refractivity contribution in [1.82, 2.24) is 20.6 Å². The van der Waals surface area contributed by atoms with Gasteiger partial charge in [-0.05, 0) is 135 Å². The van der Waals surface area contributed by atoms with Crippen LogP contribution in [0.1, 0.15) is 164 Å². The van der Waals surface area contributed by atoms with E-state index in [0.717, 1.165) is 81.9 Å². The molecule has 1 aliphatic carbocycles. The quantitative estimate of drug-likeness (QED) is 0.0593. The molecule has 0 radical (unpaired) electrons. The largest absolute Gasteiger partial charge is 0.468 e. The molecule has 6 rings (SSSR count). The molecule has 2 aromatic rings. The van der Waals surface area contributed by atoms with Gasteiger partial charge in [0.15, 0.2) is 5.78 Å². The average Bonchev–Trinajstić information content (AvgIpc) is 3.99. The van der Waals surface area contributed by atoms with Gasteiger partial charge >= 0.3 is 11.9 Å². The van der Waals surface area contributed by atoms with E-state index in [9.17, 15) is 14.4 Å². The summed E-state index contributed by atoms with van der Waals surface area (Å²) in [5, 5.41) is 9.06. The lowest BCUT2D eigenvalue weighted by Gasteiger charge is -2.25. The van der Waals surface area contributed by atoms with Crippen molar-refractivity contribution in [1.29, 1.82) is 0 Å². The van der Waals surface area contributed by atoms with Crippen LogP contribution in [0.4, 0.5) is 0 Å². The molecule has 64 heavy (non-hydrogen) atoms. The zero-order valence-corrected chi connectivity index (χ0v) is 40.9. The SMILES string of the molecule is C=CC1=C(C)C2/C=C3\NC(C4=c5[nH]/c(c(C)c5C(=O)[C@@H]4C(=O)OC)=C\c4[nH]c(c(C)c4CC)/C=C/1N2)[C@@H](CCC(=O)OC/C=C(\C)CCC[C@H](C)CCC[C@H](C)CCCC(C)C)[C@@H]3C. The van der Waals surface area contributed by atoms with Crippen LogP contribution < -0.4 is 21.3 Å². The third-order valence-corrected chi connectivity index (χ3v) is 15.0. The van der Waals surface area contributed by atoms with Crippen LogP contribution >= 0.6 is 0 Å². The van der Waals surface area contributed by atoms with Crippen LogP contribution in [0.15, 0.2) is 52.9 Å². The highest BCUT2D eigenvalue weighted by Crippen LogP contribution is 2.42. The normalized spacial score (nSPS) is 24.7. The number of hydrogen-bond acceptors (Lipinski definition) is 7. The number of aromatic amines is 2. The van der Waals surface area contributed by atoms with E-state index < -0.39 is 17.9 Å². The van der Waals surface area contributed by atoms with Gasteiger partial charge in [0.25, 0.3) is 0 Å². The molecule has 9 nitrogen and oxygen atoms in total. The highest BCUT2D eigenvalue weighted by Gasteiger charge is 2.49. The highest BCUT2D eigenvalue weighted by atomic mass is 16.5. The van der Waals surface area contributed by atoms with Gasteiger partial charge in [-0.15, -0.1) is 0 Å². The van der Waals surface area contributed by atoms with Crippen molar-refractivity contribution in [3.63, 3.8) is 0 Å². The van der Waals surface area contributed by atoms with Gasteiger partial charge in [0.2, 0.25) is 0 Å². The molecule has 3 aliphatic heterocycles. The number of carbonyl (C=O) groups excluding carboxylic acids is 3. The van der Waals surface area contributed by atoms with Gasteiger partial charge in [-0.3, -0.25) is 14.4 Å². The molecule has 2 unspecified atom stereocenters. The fourth-order valence-corrected chi connectivity index (χ4v) is 10.9. The summed E-state index contributed by atoms with van der Waals surface area (Å²) in [5.41, 5.74) is 11.8. The number of Topliss-reactive ketones (excluding diaryl/α,β-unsaturated/α-hetero) is 1. The minimum Gasteiger partial charge on any atom is -0.468 e. The Bertz CT molecular complexity index is 2330. The predicted molar refractivity (Wildman–Crippen MR) is 261 cm³/mol. The molecular formula is C55H78N4O5. The van der Waals surface area contributed by atoms with E-state index in [4.69, 9.17) is 9.47 Å². The van der Waals surface area contributed by atoms with Gasteiger partial charge in [0.1, 0.15) is 12.5 Å². The summed E-state index contributed by atoms with van der Waals surface area (Å²) in [6.45, 7) is 26.5. The molecule has 1 fully saturated rings. The van der Waals surface area contributed by atoms with E-state index in [-0.39, 0.29) is 42.7 Å². The summed E-state index contributed by atoms with van der Waals surface area (Å²) >= 11 is 0. The number of allylic oxidation sites excluding steroid dienone is 3. The Hall–Kier alpha value is -4.79. The second kappa shape index (κ2) is 21.5. The molecular weight excluding hydrogens is 797 g/mol. The minimum absolute atomic E-state index is 0.0297. The Morgan fingerprint density at radius 1 is 0.891 bits per heavy atom. The fraction of sp³-hybridized carbons (Fsp3) is 0.582. The molecule has 9 heteroatoms. The minimum atomic E-state index is -1.10. The van der Waals surface area contributed by atoms with Crippen LogP contribution in [0.2, 0.25) is 0 Å². The van der Waals surface area contributed by atoms with E-state index in [2.05, 4.69) is 114 Å². The smallest absolute Gasteiger partial charge is 0.320 e. The van der Waals surface area contributed by atoms with Crippen LogP contribution in [0.3, 0.4) is 0 Å². The van der Waals surface area contributed by atoms with Crippen LogP contribution in [0, 0.1) is 49.4 Å². The number of ether oxygens (including phenoxy) is 2. The molecule has 4 aliphatic rings. The van der Waals surface area contributed by atoms with E-state index in [0.29, 0.717) is 22.9 Å². The van der Waals surface area contributed by atoms with Crippen LogP contribution in [0.25, 0.3) is 17.7 Å². The number of methoxy groups -OCH3 is 1. The van der Waals surface area contributed by atoms with Crippen molar-refractivity contribution < 1.29 is 23.9 Å². The Morgan fingerprint density at radius 2 is 1.58 bits per heavy atom. The van der Waals surface area contributed by atoms with Crippen molar-refractivity contribution in [2.45, 2.75) is 158 Å². The number of aromatic nitrogens is 2. The summed E-state index contributed by atoms with van der Waals surface area (Å²) in [5.74, 6) is 0.000818. The molecule has 348 valence electrons. The molecule has 4 N–H and O–H groups in total. The Labute approximate surface area is 383 Å². The van der Waals surface area contributed by atoms with Gasteiger partial charge in [-0.2, -0.15) is 0 Å². The fourth-order valence-electron chi connectivity index (χ4n) is 10.9. The van der Waals surface area contributed by atoms with Crippen LogP contribution in [0.5, 0.6) is 0 Å². The van der Waals surface area contributed by atoms with Gasteiger partial charge in [0, 0.05) is 46.0 Å². The third kappa shape index (κ3) is 10.7. The number of ketones is 1. The van der Waals surface area contributed by atoms with Crippen molar-refractivity contribution in [2.24, 2.45) is 35.5 Å². The van der Waals surface area contributed by atoms with E-state index >= 15 is 0 Å². The van der Waals surface area contributed by atoms with Gasteiger partial charge < -0.3 is 30.1 Å². The second-order valence-corrected chi connectivity index (χ2v) is 20.1. The predicted octanol–water partition coefficient (Wildman–Crippen LogP) is 10.1. The molecule has 5 heterocycles. The maximum atomic E-state index is 14.4. The zero-order chi connectivity index (χ0) is 46.4. The van der Waals surface area contributed by atoms with Gasteiger partial charge in [-0.1, -0.05) is 105 Å². The number of rotatable bonds is 20. The first-order chi connectivity index (χ1) is 30.6. The molecule has 0 saturated carbocycles. The van der Waals surface area contributed by atoms with Crippen molar-refractivity contribution in [3.8, 4) is 0 Å². The monoisotopic (exact) mass is 875 g/mol. The third-order valence-electron chi connectivity index (χ3n) is 15.0. The van der Waals surface area contributed by atoms with Crippen LogP contribution in [-0.2, 0) is 25.5 Å². The molecule has 1 saturated heterocycles. The first-order valence-electron chi connectivity index (χ1n) is 24.5. The number of H-pyrrole nitrogens is 2. The molecule has 8 bridgehead atoms. The summed E-state index contributed by atoms with van der Waals surface area (Å²) in [7, 11) is 1.34. The topological polar surface area (TPSA) is 125 Å². The maximum Gasteiger partial charge on any atom is 0.320 e. The molecule has 0 spiro atoms. The maximum absolute atomic E-state index is 14.4. The molecule has 0 aromatic carbocycles. The summed E-state index contributed by atoms with van der Waals surface area (Å²) in [6.07, 6.45) is 23.4. The second-order valence-electron chi connectivity index (χ2n) is 20.1. The van der Waals surface area contributed by atoms with E-state index in [1.807, 2.05) is 13.0 Å². The summed E-state index contributed by atoms with van der Waals surface area (Å²) in [4.78, 5) is 48.8. The highest BCUT2D eigenvalue weighted by molar-refractivity contribution is 6.19. The zero-order valence-electron chi connectivity index (χ0n) is 40.9. The Balaban J connectivity index is 1.20. The van der Waals surface area contributed by atoms with Crippen molar-refractivity contribution in [3.05, 3.63) is 97.3 Å². The Morgan fingerprint density at radius 3 is 2.23 bits per heavy atom. The average molecular weight is 875 g/mol. The van der Waals surface area contributed by atoms with Crippen molar-refractivity contribution >= 4 is 35.4 Å². The lowest BCUT2D eigenvalue weighted by atomic mass is 9.80. The number of esters is 2. The number of fused-ring (bicyclic) bond motifs is 8. The first kappa shape index (κ1) is 48.7. The number of hydrogen-bond donors (Lipinski definition) is 4. The van der Waals surface area contributed by atoms with Gasteiger partial charge in [0.05, 0.1) is 24.5 Å². The lowest BCUT2D eigenvalue weighted by molar-refractivity contribution is -0.143. The van der Waals surface area contributed by atoms with Gasteiger partial charge in [-0.25, -0.2) is 0 Å². The standard InChI is InChI=1S/C55H78N4O5/c1-13-39-35(8)42-28-44-37(10)41(24-25-48(60)64-27-26-34(7)23-17-22-33(6)21-16-20-32(5)19-15-18-31(3)4)52(58-44)50-51(55(62)63-12)54(61)49-38(11)45(59-53(49)50)30-47-40(14-2)36(9)43(57-47)29-46(39)56-42/h13,26,28-33,37,41-42,51-52,56-59H,1,14-25,27H2,2-12H3/b34-26+,44-28-,45-30-,46-29-/t32-,33-,37+,41+,42?,51-,52?/m1/s1. The molecule has 7 atom stereocenters. The summed E-state index contributed by atoms with van der Waals surface area (Å²) < 4.78 is 11.1. The first-order valence-corrected chi connectivity index (χ1v) is 24.5. The number of nitrogens with one attached hydrogen (secondary N) is 4. The molecule has 2 aromatic heterocycles. The lowest BCUT2D eigenvalue weighted by Crippen LogP contribution is -2.38. The number of carbonyl (C=O) groups is 3. The van der Waals surface area contributed by atoms with Crippen molar-refractivity contribution in [2.75, 3.05) is 13.7 Å². The van der Waals surface area contributed by atoms with E-state index in [1.54, 1.807) is 0 Å². The summed E-state index contributed by atoms with van der Waals surface area (Å²) in [6, 6.07) is -0.541.